The summed E-state index contributed by atoms with van der Waals surface area (Å²) in [6.07, 6.45) is 5.56. The zero-order chi connectivity index (χ0) is 20.8. The van der Waals surface area contributed by atoms with Gasteiger partial charge in [0.1, 0.15) is 12.2 Å². The van der Waals surface area contributed by atoms with Gasteiger partial charge in [0.2, 0.25) is 0 Å². The summed E-state index contributed by atoms with van der Waals surface area (Å²) in [5, 5.41) is 6.13. The largest absolute Gasteiger partial charge is 0.403 e. The van der Waals surface area contributed by atoms with Crippen LogP contribution >= 0.6 is 0 Å². The Kier molecular flexibility index (Phi) is 11.9. The second-order valence-corrected chi connectivity index (χ2v) is 6.20. The number of aryl methyl sites for hydroxylation is 2. The Hall–Kier alpha value is -2.89. The fourth-order valence-electron chi connectivity index (χ4n) is 1.96. The van der Waals surface area contributed by atoms with Crippen LogP contribution in [-0.2, 0) is 6.42 Å². The molecule has 1 rings (SSSR count). The molecule has 0 aliphatic heterocycles. The van der Waals surface area contributed by atoms with Crippen molar-refractivity contribution in [3.63, 3.8) is 0 Å². The van der Waals surface area contributed by atoms with E-state index in [9.17, 15) is 4.39 Å². The maximum atomic E-state index is 13.6. The van der Waals surface area contributed by atoms with Gasteiger partial charge in [0.15, 0.2) is 0 Å². The molecule has 1 aromatic carbocycles. The molecular formula is C21H32FN5. The van der Waals surface area contributed by atoms with Crippen molar-refractivity contribution in [2.24, 2.45) is 15.7 Å². The molecule has 27 heavy (non-hydrogen) atoms. The zero-order valence-corrected chi connectivity index (χ0v) is 17.1. The molecule has 0 aliphatic rings. The minimum atomic E-state index is -0.125. The smallest absolute Gasteiger partial charge is 0.129 e. The number of nitrogens with zero attached hydrogens (tertiary/aromatic N) is 2. The van der Waals surface area contributed by atoms with Gasteiger partial charge < -0.3 is 16.4 Å². The number of rotatable bonds is 8. The highest BCUT2D eigenvalue weighted by Crippen LogP contribution is 2.14. The van der Waals surface area contributed by atoms with E-state index in [1.165, 1.54) is 6.34 Å². The first-order valence-electron chi connectivity index (χ1n) is 8.66. The molecule has 4 N–H and O–H groups in total. The lowest BCUT2D eigenvalue weighted by molar-refractivity contribution is 0.608. The summed E-state index contributed by atoms with van der Waals surface area (Å²) in [5.41, 5.74) is 9.72. The summed E-state index contributed by atoms with van der Waals surface area (Å²) in [6, 6.07) is 3.76. The van der Waals surface area contributed by atoms with Crippen LogP contribution in [0.5, 0.6) is 0 Å². The van der Waals surface area contributed by atoms with Crippen molar-refractivity contribution in [2.45, 2.75) is 34.1 Å². The van der Waals surface area contributed by atoms with E-state index >= 15 is 0 Å². The summed E-state index contributed by atoms with van der Waals surface area (Å²) < 4.78 is 13.6. The highest BCUT2D eigenvalue weighted by Gasteiger charge is 2.03. The van der Waals surface area contributed by atoms with E-state index in [1.807, 2.05) is 26.1 Å². The van der Waals surface area contributed by atoms with Crippen LogP contribution in [-0.4, -0.2) is 26.1 Å². The van der Waals surface area contributed by atoms with E-state index in [-0.39, 0.29) is 5.82 Å². The first kappa shape index (κ1) is 24.1. The summed E-state index contributed by atoms with van der Waals surface area (Å²) >= 11 is 0. The lowest BCUT2D eigenvalue weighted by Gasteiger charge is -2.08. The van der Waals surface area contributed by atoms with Crippen LogP contribution < -0.4 is 16.4 Å². The number of benzene rings is 1. The van der Waals surface area contributed by atoms with E-state index < -0.39 is 0 Å². The van der Waals surface area contributed by atoms with Gasteiger partial charge in [-0.25, -0.2) is 14.4 Å². The Labute approximate surface area is 162 Å². The first-order chi connectivity index (χ1) is 12.7. The second-order valence-electron chi connectivity index (χ2n) is 6.20. The van der Waals surface area contributed by atoms with E-state index in [4.69, 9.17) is 5.73 Å². The molecule has 0 radical (unpaired) electrons. The van der Waals surface area contributed by atoms with Crippen LogP contribution in [0.4, 0.5) is 4.39 Å². The lowest BCUT2D eigenvalue weighted by Crippen LogP contribution is -2.17. The quantitative estimate of drug-likeness (QED) is 0.480. The fourth-order valence-corrected chi connectivity index (χ4v) is 1.96. The molecule has 0 aromatic heterocycles. The van der Waals surface area contributed by atoms with E-state index in [1.54, 1.807) is 33.2 Å². The van der Waals surface area contributed by atoms with Gasteiger partial charge in [-0.15, -0.1) is 0 Å². The standard InChI is InChI=1S/C18H25FN4.C3H7N/c1-13-8-17(9-14(2)18(13)19)6-7-23-16(4)11-22-12-21-10-15(3)20-5;1-3(2)4/h8-12,20,23H,4,6-7H2,1-3,5H3;1,4H2,2H3/b15-10+,21-12?,22-11?;. The summed E-state index contributed by atoms with van der Waals surface area (Å²) in [5.74, 6) is -0.125. The van der Waals surface area contributed by atoms with Gasteiger partial charge in [-0.3, -0.25) is 0 Å². The molecule has 0 heterocycles. The topological polar surface area (TPSA) is 74.8 Å². The van der Waals surface area contributed by atoms with Crippen LogP contribution in [0.25, 0.3) is 0 Å². The number of nitrogens with two attached hydrogens (primary N) is 1. The molecule has 0 fully saturated rings. The average Bonchev–Trinajstić information content (AvgIpc) is 2.58. The van der Waals surface area contributed by atoms with E-state index in [2.05, 4.69) is 33.8 Å². The Morgan fingerprint density at radius 3 is 2.26 bits per heavy atom. The Bertz CT molecular complexity index is 690. The van der Waals surface area contributed by atoms with E-state index in [0.717, 1.165) is 17.7 Å². The fraction of sp³-hybridized carbons (Fsp3) is 0.333. The number of allylic oxidation sites excluding steroid dienone is 3. The van der Waals surface area contributed by atoms with Gasteiger partial charge in [0.25, 0.3) is 0 Å². The molecule has 0 unspecified atom stereocenters. The normalized spacial score (nSPS) is 11.3. The van der Waals surface area contributed by atoms with Crippen LogP contribution in [0.2, 0.25) is 0 Å². The van der Waals surface area contributed by atoms with Crippen molar-refractivity contribution in [1.29, 1.82) is 0 Å². The van der Waals surface area contributed by atoms with Crippen molar-refractivity contribution in [2.75, 3.05) is 13.6 Å². The number of aliphatic imine (C=N–C) groups is 2. The van der Waals surface area contributed by atoms with Crippen LogP contribution in [0.15, 0.2) is 58.6 Å². The average molecular weight is 374 g/mol. The SMILES string of the molecule is C=C(C)N.C=C(C=NC=N/C=C(\C)NC)NCCc1cc(C)c(F)c(C)c1. The molecule has 0 bridgehead atoms. The van der Waals surface area contributed by atoms with Gasteiger partial charge >= 0.3 is 0 Å². The highest BCUT2D eigenvalue weighted by atomic mass is 19.1. The Balaban J connectivity index is 0.00000153. The molecule has 0 atom stereocenters. The van der Waals surface area contributed by atoms with Gasteiger partial charge in [-0.1, -0.05) is 25.3 Å². The second kappa shape index (κ2) is 13.3. The zero-order valence-electron chi connectivity index (χ0n) is 17.1. The highest BCUT2D eigenvalue weighted by molar-refractivity contribution is 5.83. The minimum Gasteiger partial charge on any atom is -0.403 e. The molecule has 0 saturated heterocycles. The van der Waals surface area contributed by atoms with Gasteiger partial charge in [-0.2, -0.15) is 0 Å². The Morgan fingerprint density at radius 2 is 1.74 bits per heavy atom. The summed E-state index contributed by atoms with van der Waals surface area (Å²) in [6.45, 7) is 15.2. The predicted octanol–water partition coefficient (Wildman–Crippen LogP) is 3.75. The molecule has 5 nitrogen and oxygen atoms in total. The van der Waals surface area contributed by atoms with Gasteiger partial charge in [0, 0.05) is 31.2 Å². The first-order valence-corrected chi connectivity index (χ1v) is 8.66. The minimum absolute atomic E-state index is 0.125. The van der Waals surface area contributed by atoms with Crippen LogP contribution in [0.3, 0.4) is 0 Å². The van der Waals surface area contributed by atoms with Crippen molar-refractivity contribution in [1.82, 2.24) is 10.6 Å². The van der Waals surface area contributed by atoms with E-state index in [0.29, 0.717) is 29.1 Å². The third kappa shape index (κ3) is 12.2. The van der Waals surface area contributed by atoms with Crippen molar-refractivity contribution >= 4 is 12.6 Å². The number of hydrogen-bond acceptors (Lipinski definition) is 4. The number of hydrogen-bond donors (Lipinski definition) is 3. The molecule has 6 heteroatoms. The maximum Gasteiger partial charge on any atom is 0.129 e. The monoisotopic (exact) mass is 373 g/mol. The summed E-state index contributed by atoms with van der Waals surface area (Å²) in [7, 11) is 1.83. The van der Waals surface area contributed by atoms with Gasteiger partial charge in [0.05, 0.1) is 6.21 Å². The van der Waals surface area contributed by atoms with Crippen molar-refractivity contribution < 1.29 is 4.39 Å². The van der Waals surface area contributed by atoms with Crippen LogP contribution in [0.1, 0.15) is 30.5 Å². The molecule has 1 aromatic rings. The molecule has 0 amide bonds. The Morgan fingerprint density at radius 1 is 1.19 bits per heavy atom. The lowest BCUT2D eigenvalue weighted by atomic mass is 10.0. The number of halogens is 1. The van der Waals surface area contributed by atoms with Gasteiger partial charge in [-0.05, 0) is 56.5 Å². The maximum absolute atomic E-state index is 13.6. The molecule has 148 valence electrons. The molecule has 0 aliphatic carbocycles. The number of nitrogens with one attached hydrogen (secondary N) is 2. The predicted molar refractivity (Wildman–Crippen MR) is 116 cm³/mol. The third-order valence-corrected chi connectivity index (χ3v) is 3.29. The molecule has 0 spiro atoms. The molecule has 0 saturated carbocycles. The van der Waals surface area contributed by atoms with Crippen molar-refractivity contribution in [3.8, 4) is 0 Å². The summed E-state index contributed by atoms with van der Waals surface area (Å²) in [4.78, 5) is 8.06. The van der Waals surface area contributed by atoms with Crippen molar-refractivity contribution in [3.05, 3.63) is 71.1 Å². The third-order valence-electron chi connectivity index (χ3n) is 3.29. The van der Waals surface area contributed by atoms with Crippen LogP contribution in [0, 0.1) is 19.7 Å². The molecular weight excluding hydrogens is 341 g/mol.